The van der Waals surface area contributed by atoms with E-state index in [4.69, 9.17) is 10.5 Å². The second-order valence-corrected chi connectivity index (χ2v) is 6.44. The number of carbonyl (C=O) groups excluding carboxylic acids is 1. The molecule has 0 unspecified atom stereocenters. The highest BCUT2D eigenvalue weighted by atomic mass is 16.5. The quantitative estimate of drug-likeness (QED) is 0.722. The maximum absolute atomic E-state index is 12.2. The third kappa shape index (κ3) is 2.23. The zero-order chi connectivity index (χ0) is 12.2. The van der Waals surface area contributed by atoms with Crippen molar-refractivity contribution in [1.29, 1.82) is 0 Å². The average Bonchev–Trinajstić information content (AvgIpc) is 2.78. The number of morpholine rings is 1. The van der Waals surface area contributed by atoms with Crippen molar-refractivity contribution >= 4 is 5.91 Å². The molecule has 1 amide bonds. The summed E-state index contributed by atoms with van der Waals surface area (Å²) in [6, 6.07) is 0. The van der Waals surface area contributed by atoms with Crippen molar-refractivity contribution < 1.29 is 9.53 Å². The summed E-state index contributed by atoms with van der Waals surface area (Å²) in [5.41, 5.74) is 4.82. The van der Waals surface area contributed by atoms with Gasteiger partial charge < -0.3 is 15.4 Å². The molecular weight excluding hydrogens is 204 g/mol. The molecule has 2 rings (SSSR count). The molecular formula is C12H22N2O2. The molecule has 0 bridgehead atoms. The van der Waals surface area contributed by atoms with E-state index in [9.17, 15) is 4.79 Å². The van der Waals surface area contributed by atoms with Gasteiger partial charge in [-0.2, -0.15) is 0 Å². The van der Waals surface area contributed by atoms with E-state index < -0.39 is 5.54 Å². The van der Waals surface area contributed by atoms with Crippen LogP contribution < -0.4 is 5.73 Å². The first-order chi connectivity index (χ1) is 7.14. The summed E-state index contributed by atoms with van der Waals surface area (Å²) in [5, 5.41) is 0. The zero-order valence-corrected chi connectivity index (χ0v) is 10.7. The van der Waals surface area contributed by atoms with Gasteiger partial charge in [0.15, 0.2) is 0 Å². The summed E-state index contributed by atoms with van der Waals surface area (Å²) < 4.78 is 5.94. The molecule has 0 aromatic heterocycles. The number of nitrogens with two attached hydrogens (primary N) is 1. The van der Waals surface area contributed by atoms with E-state index in [1.54, 1.807) is 0 Å². The van der Waals surface area contributed by atoms with Crippen LogP contribution in [-0.4, -0.2) is 40.6 Å². The second-order valence-electron chi connectivity index (χ2n) is 6.44. The maximum Gasteiger partial charge on any atom is 0.242 e. The molecule has 0 spiro atoms. The van der Waals surface area contributed by atoms with Crippen molar-refractivity contribution in [3.05, 3.63) is 0 Å². The van der Waals surface area contributed by atoms with Crippen LogP contribution in [0.15, 0.2) is 0 Å². The third-order valence-electron chi connectivity index (χ3n) is 3.20. The number of amides is 1. The fourth-order valence-corrected chi connectivity index (χ4v) is 2.59. The van der Waals surface area contributed by atoms with Crippen LogP contribution in [-0.2, 0) is 9.53 Å². The molecule has 0 aromatic carbocycles. The van der Waals surface area contributed by atoms with Crippen LogP contribution in [0.4, 0.5) is 0 Å². The van der Waals surface area contributed by atoms with Crippen molar-refractivity contribution in [2.75, 3.05) is 13.1 Å². The van der Waals surface area contributed by atoms with Crippen LogP contribution in [0.25, 0.3) is 0 Å². The highest BCUT2D eigenvalue weighted by Crippen LogP contribution is 2.37. The minimum Gasteiger partial charge on any atom is -0.366 e. The highest BCUT2D eigenvalue weighted by molar-refractivity contribution is 5.89. The molecule has 16 heavy (non-hydrogen) atoms. The van der Waals surface area contributed by atoms with Crippen LogP contribution in [0.2, 0.25) is 0 Å². The zero-order valence-electron chi connectivity index (χ0n) is 10.7. The normalized spacial score (nSPS) is 29.9. The number of carbonyl (C=O) groups is 1. The topological polar surface area (TPSA) is 55.6 Å². The lowest BCUT2D eigenvalue weighted by molar-refractivity contribution is -0.189. The molecule has 2 fully saturated rings. The van der Waals surface area contributed by atoms with E-state index in [2.05, 4.69) is 0 Å². The molecule has 1 heterocycles. The summed E-state index contributed by atoms with van der Waals surface area (Å²) in [5.74, 6) is 0.0944. The second kappa shape index (κ2) is 3.20. The van der Waals surface area contributed by atoms with Gasteiger partial charge in [0.2, 0.25) is 5.91 Å². The first-order valence-corrected chi connectivity index (χ1v) is 5.92. The maximum atomic E-state index is 12.2. The number of rotatable bonds is 1. The summed E-state index contributed by atoms with van der Waals surface area (Å²) in [7, 11) is 0. The molecule has 1 saturated carbocycles. The molecule has 1 saturated heterocycles. The molecule has 2 aliphatic rings. The molecule has 1 aliphatic carbocycles. The monoisotopic (exact) mass is 226 g/mol. The van der Waals surface area contributed by atoms with E-state index in [0.717, 1.165) is 12.8 Å². The number of hydrogen-bond acceptors (Lipinski definition) is 3. The molecule has 0 radical (unpaired) electrons. The Morgan fingerprint density at radius 1 is 1.12 bits per heavy atom. The fourth-order valence-electron chi connectivity index (χ4n) is 2.59. The van der Waals surface area contributed by atoms with Crippen molar-refractivity contribution in [2.45, 2.75) is 57.3 Å². The largest absolute Gasteiger partial charge is 0.366 e. The van der Waals surface area contributed by atoms with E-state index in [0.29, 0.717) is 13.1 Å². The van der Waals surface area contributed by atoms with Gasteiger partial charge >= 0.3 is 0 Å². The highest BCUT2D eigenvalue weighted by Gasteiger charge is 2.51. The lowest BCUT2D eigenvalue weighted by Gasteiger charge is -2.47. The summed E-state index contributed by atoms with van der Waals surface area (Å²) >= 11 is 0. The molecule has 0 aromatic rings. The Kier molecular flexibility index (Phi) is 2.37. The standard InChI is InChI=1S/C12H22N2O2/c1-10(2)7-14(8-11(3,4)16-10)9(15)12(13)5-6-12/h5-8,13H2,1-4H3. The van der Waals surface area contributed by atoms with Gasteiger partial charge in [0.05, 0.1) is 16.7 Å². The van der Waals surface area contributed by atoms with Gasteiger partial charge in [-0.25, -0.2) is 0 Å². The molecule has 92 valence electrons. The van der Waals surface area contributed by atoms with E-state index in [-0.39, 0.29) is 17.1 Å². The van der Waals surface area contributed by atoms with Crippen molar-refractivity contribution in [1.82, 2.24) is 4.90 Å². The summed E-state index contributed by atoms with van der Waals surface area (Å²) in [6.45, 7) is 9.34. The van der Waals surface area contributed by atoms with Crippen LogP contribution >= 0.6 is 0 Å². The third-order valence-corrected chi connectivity index (χ3v) is 3.20. The lowest BCUT2D eigenvalue weighted by Crippen LogP contribution is -2.61. The Morgan fingerprint density at radius 2 is 1.56 bits per heavy atom. The Hall–Kier alpha value is -0.610. The molecule has 0 atom stereocenters. The first kappa shape index (κ1) is 11.9. The van der Waals surface area contributed by atoms with Crippen molar-refractivity contribution in [2.24, 2.45) is 5.73 Å². The predicted octanol–water partition coefficient (Wildman–Crippen LogP) is 0.894. The van der Waals surface area contributed by atoms with Gasteiger partial charge in [0.1, 0.15) is 0 Å². The lowest BCUT2D eigenvalue weighted by atomic mass is 9.98. The van der Waals surface area contributed by atoms with E-state index in [1.807, 2.05) is 32.6 Å². The van der Waals surface area contributed by atoms with Gasteiger partial charge in [-0.1, -0.05) is 0 Å². The minimum absolute atomic E-state index is 0.0944. The van der Waals surface area contributed by atoms with Gasteiger partial charge in [0, 0.05) is 13.1 Å². The van der Waals surface area contributed by atoms with Crippen molar-refractivity contribution in [3.63, 3.8) is 0 Å². The van der Waals surface area contributed by atoms with E-state index in [1.165, 1.54) is 0 Å². The molecule has 2 N–H and O–H groups in total. The Morgan fingerprint density at radius 3 is 1.94 bits per heavy atom. The summed E-state index contributed by atoms with van der Waals surface area (Å²) in [4.78, 5) is 14.1. The van der Waals surface area contributed by atoms with Crippen LogP contribution in [0.5, 0.6) is 0 Å². The number of nitrogens with zero attached hydrogens (tertiary/aromatic N) is 1. The fraction of sp³-hybridized carbons (Fsp3) is 0.917. The first-order valence-electron chi connectivity index (χ1n) is 5.92. The minimum atomic E-state index is -0.566. The molecule has 1 aliphatic heterocycles. The van der Waals surface area contributed by atoms with Gasteiger partial charge in [-0.05, 0) is 40.5 Å². The van der Waals surface area contributed by atoms with E-state index >= 15 is 0 Å². The Balaban J connectivity index is 2.13. The van der Waals surface area contributed by atoms with Crippen LogP contribution in [0.3, 0.4) is 0 Å². The van der Waals surface area contributed by atoms with Gasteiger partial charge in [-0.3, -0.25) is 4.79 Å². The average molecular weight is 226 g/mol. The van der Waals surface area contributed by atoms with Gasteiger partial charge in [0.25, 0.3) is 0 Å². The SMILES string of the molecule is CC1(C)CN(C(=O)C2(N)CC2)CC(C)(C)O1. The van der Waals surface area contributed by atoms with Crippen molar-refractivity contribution in [3.8, 4) is 0 Å². The Labute approximate surface area is 97.1 Å². The number of hydrogen-bond donors (Lipinski definition) is 1. The van der Waals surface area contributed by atoms with Crippen LogP contribution in [0, 0.1) is 0 Å². The Bertz CT molecular complexity index is 303. The predicted molar refractivity (Wildman–Crippen MR) is 62.0 cm³/mol. The molecule has 4 heteroatoms. The summed E-state index contributed by atoms with van der Waals surface area (Å²) in [6.07, 6.45) is 1.65. The van der Waals surface area contributed by atoms with Crippen LogP contribution in [0.1, 0.15) is 40.5 Å². The van der Waals surface area contributed by atoms with Gasteiger partial charge in [-0.15, -0.1) is 0 Å². The smallest absolute Gasteiger partial charge is 0.242 e. The molecule has 4 nitrogen and oxygen atoms in total. The number of ether oxygens (including phenoxy) is 1.